The van der Waals surface area contributed by atoms with E-state index in [0.29, 0.717) is 6.04 Å². The molecule has 2 aromatic rings. The van der Waals surface area contributed by atoms with E-state index in [4.69, 9.17) is 11.6 Å². The molecule has 0 aliphatic heterocycles. The van der Waals surface area contributed by atoms with Crippen molar-refractivity contribution in [2.45, 2.75) is 19.4 Å². The highest BCUT2D eigenvalue weighted by Gasteiger charge is 2.10. The van der Waals surface area contributed by atoms with E-state index in [9.17, 15) is 0 Å². The topological polar surface area (TPSA) is 12.0 Å². The molecule has 0 amide bonds. The van der Waals surface area contributed by atoms with Crippen LogP contribution in [0.5, 0.6) is 0 Å². The Bertz CT molecular complexity index is 513. The molecule has 0 bridgehead atoms. The second-order valence-electron chi connectivity index (χ2n) is 4.14. The molecule has 0 radical (unpaired) electrons. The molecule has 1 atom stereocenters. The third kappa shape index (κ3) is 3.27. The number of benzene rings is 2. The van der Waals surface area contributed by atoms with E-state index in [1.807, 2.05) is 24.3 Å². The molecule has 2 rings (SSSR count). The summed E-state index contributed by atoms with van der Waals surface area (Å²) in [4.78, 5) is 0. The van der Waals surface area contributed by atoms with Crippen molar-refractivity contribution < 1.29 is 0 Å². The lowest BCUT2D eigenvalue weighted by atomic mass is 10.0. The maximum atomic E-state index is 5.95. The number of nitrogens with one attached hydrogen (secondary N) is 1. The summed E-state index contributed by atoms with van der Waals surface area (Å²) >= 11 is 9.48. The smallest absolute Gasteiger partial charge is 0.0511 e. The number of hydrogen-bond acceptors (Lipinski definition) is 1. The Balaban J connectivity index is 2.21. The van der Waals surface area contributed by atoms with E-state index in [1.54, 1.807) is 0 Å². The molecule has 0 saturated carbocycles. The Morgan fingerprint density at radius 3 is 2.50 bits per heavy atom. The van der Waals surface area contributed by atoms with Gasteiger partial charge < -0.3 is 5.32 Å². The molecule has 0 heterocycles. The molecule has 1 nitrogen and oxygen atoms in total. The molecule has 0 aromatic heterocycles. The standard InChI is InChI=1S/C15H15BrClN/c1-2-14(11-6-4-3-5-7-11)18-15-9-8-12(17)10-13(15)16/h3-10,14,18H,2H2,1H3. The maximum absolute atomic E-state index is 5.95. The number of rotatable bonds is 4. The van der Waals surface area contributed by atoms with Crippen molar-refractivity contribution in [1.29, 1.82) is 0 Å². The van der Waals surface area contributed by atoms with Crippen LogP contribution in [0, 0.1) is 0 Å². The molecule has 0 aliphatic carbocycles. The van der Waals surface area contributed by atoms with Gasteiger partial charge in [-0.3, -0.25) is 0 Å². The van der Waals surface area contributed by atoms with Gasteiger partial charge in [0.1, 0.15) is 0 Å². The zero-order valence-electron chi connectivity index (χ0n) is 10.2. The normalized spacial score (nSPS) is 12.2. The first kappa shape index (κ1) is 13.4. The van der Waals surface area contributed by atoms with Gasteiger partial charge in [-0.1, -0.05) is 48.9 Å². The van der Waals surface area contributed by atoms with E-state index in [-0.39, 0.29) is 0 Å². The zero-order chi connectivity index (χ0) is 13.0. The van der Waals surface area contributed by atoms with Gasteiger partial charge in [-0.25, -0.2) is 0 Å². The van der Waals surface area contributed by atoms with Gasteiger partial charge in [0, 0.05) is 15.2 Å². The minimum Gasteiger partial charge on any atom is -0.377 e. The molecule has 3 heteroatoms. The summed E-state index contributed by atoms with van der Waals surface area (Å²) < 4.78 is 0.990. The SMILES string of the molecule is CCC(Nc1ccc(Cl)cc1Br)c1ccccc1. The summed E-state index contributed by atoms with van der Waals surface area (Å²) in [6.07, 6.45) is 1.03. The number of hydrogen-bond donors (Lipinski definition) is 1. The number of anilines is 1. The Kier molecular flexibility index (Phi) is 4.67. The lowest BCUT2D eigenvalue weighted by Crippen LogP contribution is -2.09. The van der Waals surface area contributed by atoms with Crippen LogP contribution < -0.4 is 5.32 Å². The van der Waals surface area contributed by atoms with E-state index in [0.717, 1.165) is 21.6 Å². The van der Waals surface area contributed by atoms with Crippen LogP contribution in [0.15, 0.2) is 53.0 Å². The van der Waals surface area contributed by atoms with Crippen LogP contribution >= 0.6 is 27.5 Å². The molecule has 1 N–H and O–H groups in total. The molecular weight excluding hydrogens is 310 g/mol. The monoisotopic (exact) mass is 323 g/mol. The van der Waals surface area contributed by atoms with E-state index in [2.05, 4.69) is 52.4 Å². The van der Waals surface area contributed by atoms with Crippen LogP contribution in [0.1, 0.15) is 24.9 Å². The second kappa shape index (κ2) is 6.26. The predicted molar refractivity (Wildman–Crippen MR) is 82.2 cm³/mol. The first-order valence-corrected chi connectivity index (χ1v) is 7.14. The van der Waals surface area contributed by atoms with Gasteiger partial charge in [0.25, 0.3) is 0 Å². The van der Waals surface area contributed by atoms with Crippen LogP contribution in [0.3, 0.4) is 0 Å². The second-order valence-corrected chi connectivity index (χ2v) is 5.43. The summed E-state index contributed by atoms with van der Waals surface area (Å²) in [6.45, 7) is 2.18. The quantitative estimate of drug-likeness (QED) is 0.764. The van der Waals surface area contributed by atoms with Gasteiger partial charge in [0.2, 0.25) is 0 Å². The summed E-state index contributed by atoms with van der Waals surface area (Å²) in [5.74, 6) is 0. The largest absolute Gasteiger partial charge is 0.377 e. The van der Waals surface area contributed by atoms with Gasteiger partial charge in [0.15, 0.2) is 0 Å². The van der Waals surface area contributed by atoms with Crippen molar-refractivity contribution >= 4 is 33.2 Å². The minimum absolute atomic E-state index is 0.309. The fraction of sp³-hybridized carbons (Fsp3) is 0.200. The fourth-order valence-electron chi connectivity index (χ4n) is 1.90. The first-order chi connectivity index (χ1) is 8.70. The van der Waals surface area contributed by atoms with Gasteiger partial charge in [-0.2, -0.15) is 0 Å². The molecule has 94 valence electrons. The van der Waals surface area contributed by atoms with E-state index >= 15 is 0 Å². The van der Waals surface area contributed by atoms with Crippen molar-refractivity contribution in [3.63, 3.8) is 0 Å². The average Bonchev–Trinajstić information content (AvgIpc) is 2.39. The van der Waals surface area contributed by atoms with Gasteiger partial charge in [0.05, 0.1) is 6.04 Å². The molecule has 0 saturated heterocycles. The first-order valence-electron chi connectivity index (χ1n) is 5.97. The van der Waals surface area contributed by atoms with Crippen molar-refractivity contribution in [3.05, 3.63) is 63.6 Å². The number of halogens is 2. The lowest BCUT2D eigenvalue weighted by Gasteiger charge is -2.19. The van der Waals surface area contributed by atoms with Gasteiger partial charge in [-0.05, 0) is 46.1 Å². The third-order valence-corrected chi connectivity index (χ3v) is 3.76. The highest BCUT2D eigenvalue weighted by atomic mass is 79.9. The molecule has 1 unspecified atom stereocenters. The Hall–Kier alpha value is -0.990. The van der Waals surface area contributed by atoms with Crippen LogP contribution in [-0.2, 0) is 0 Å². The van der Waals surface area contributed by atoms with Crippen LogP contribution in [0.25, 0.3) is 0 Å². The van der Waals surface area contributed by atoms with E-state index < -0.39 is 0 Å². The highest BCUT2D eigenvalue weighted by Crippen LogP contribution is 2.30. The maximum Gasteiger partial charge on any atom is 0.0511 e. The van der Waals surface area contributed by atoms with Gasteiger partial charge >= 0.3 is 0 Å². The van der Waals surface area contributed by atoms with E-state index in [1.165, 1.54) is 5.56 Å². The summed E-state index contributed by atoms with van der Waals surface area (Å²) in [5.41, 5.74) is 2.36. The Morgan fingerprint density at radius 1 is 1.17 bits per heavy atom. The molecule has 18 heavy (non-hydrogen) atoms. The Morgan fingerprint density at radius 2 is 1.89 bits per heavy atom. The fourth-order valence-corrected chi connectivity index (χ4v) is 2.70. The predicted octanol–water partition coefficient (Wildman–Crippen LogP) is 5.67. The third-order valence-electron chi connectivity index (χ3n) is 2.87. The summed E-state index contributed by atoms with van der Waals surface area (Å²) in [5, 5.41) is 4.27. The molecule has 0 spiro atoms. The average molecular weight is 325 g/mol. The molecular formula is C15H15BrClN. The lowest BCUT2D eigenvalue weighted by molar-refractivity contribution is 0.749. The highest BCUT2D eigenvalue weighted by molar-refractivity contribution is 9.10. The van der Waals surface area contributed by atoms with Gasteiger partial charge in [-0.15, -0.1) is 0 Å². The van der Waals surface area contributed by atoms with Crippen molar-refractivity contribution in [2.24, 2.45) is 0 Å². The molecule has 2 aromatic carbocycles. The van der Waals surface area contributed by atoms with Crippen molar-refractivity contribution in [2.75, 3.05) is 5.32 Å². The summed E-state index contributed by atoms with van der Waals surface area (Å²) in [7, 11) is 0. The van der Waals surface area contributed by atoms with Crippen molar-refractivity contribution in [1.82, 2.24) is 0 Å². The summed E-state index contributed by atoms with van der Waals surface area (Å²) in [6, 6.07) is 16.6. The van der Waals surface area contributed by atoms with Crippen LogP contribution in [-0.4, -0.2) is 0 Å². The zero-order valence-corrected chi connectivity index (χ0v) is 12.5. The van der Waals surface area contributed by atoms with Crippen LogP contribution in [0.4, 0.5) is 5.69 Å². The van der Waals surface area contributed by atoms with Crippen LogP contribution in [0.2, 0.25) is 5.02 Å². The molecule has 0 aliphatic rings. The molecule has 0 fully saturated rings. The minimum atomic E-state index is 0.309. The Labute approximate surface area is 121 Å². The van der Waals surface area contributed by atoms with Crippen molar-refractivity contribution in [3.8, 4) is 0 Å².